The Morgan fingerprint density at radius 2 is 1.02 bits per heavy atom. The van der Waals surface area contributed by atoms with Gasteiger partial charge < -0.3 is 10.6 Å². The number of hydrogen-bond acceptors (Lipinski definition) is 3. The highest BCUT2D eigenvalue weighted by Gasteiger charge is 2.25. The van der Waals surface area contributed by atoms with Gasteiger partial charge in [0.15, 0.2) is 5.96 Å². The number of fused-ring (bicyclic) bond motifs is 7. The maximum Gasteiger partial charge on any atom is 0.192 e. The van der Waals surface area contributed by atoms with Crippen LogP contribution in [0.15, 0.2) is 145 Å². The zero-order valence-electron chi connectivity index (χ0n) is 31.8. The third-order valence-electron chi connectivity index (χ3n) is 10.8. The van der Waals surface area contributed by atoms with Gasteiger partial charge in [0, 0.05) is 13.1 Å². The summed E-state index contributed by atoms with van der Waals surface area (Å²) in [6, 6.07) is 51.6. The Bertz CT molecular complexity index is 2460. The molecule has 0 saturated heterocycles. The number of nitrogens with zero attached hydrogens (tertiary/aromatic N) is 1. The second-order valence-corrected chi connectivity index (χ2v) is 16.5. The molecule has 0 fully saturated rings. The van der Waals surface area contributed by atoms with Gasteiger partial charge in [-0.15, -0.1) is 0 Å². The number of aliphatic imine (C=N–C) groups is 1. The third-order valence-corrected chi connectivity index (χ3v) is 10.8. The Morgan fingerprint density at radius 1 is 0.547 bits per heavy atom. The highest BCUT2D eigenvalue weighted by Crippen LogP contribution is 2.47. The average molecular weight is 692 g/mol. The molecule has 0 aromatic heterocycles. The fourth-order valence-electron chi connectivity index (χ4n) is 7.80. The van der Waals surface area contributed by atoms with Crippen molar-refractivity contribution < 1.29 is 0 Å². The molecular weight excluding hydrogens is 643 g/mol. The molecule has 0 radical (unpaired) electrons. The number of guanidine groups is 1. The summed E-state index contributed by atoms with van der Waals surface area (Å²) < 4.78 is 0. The molecule has 3 heteroatoms. The van der Waals surface area contributed by atoms with E-state index in [0.29, 0.717) is 19.6 Å². The summed E-state index contributed by atoms with van der Waals surface area (Å²) in [7, 11) is 0. The lowest BCUT2D eigenvalue weighted by Crippen LogP contribution is -2.36. The molecule has 1 aliphatic heterocycles. The molecule has 2 N–H and O–H groups in total. The molecule has 264 valence electrons. The molecular formula is C50H49N3. The maximum absolute atomic E-state index is 5.35. The predicted molar refractivity (Wildman–Crippen MR) is 226 cm³/mol. The smallest absolute Gasteiger partial charge is 0.192 e. The first-order chi connectivity index (χ1) is 25.5. The Labute approximate surface area is 314 Å². The normalized spacial score (nSPS) is 13.3. The zero-order chi connectivity index (χ0) is 36.7. The van der Waals surface area contributed by atoms with Gasteiger partial charge in [0.05, 0.1) is 6.54 Å². The van der Waals surface area contributed by atoms with E-state index in [1.54, 1.807) is 0 Å². The first-order valence-corrected chi connectivity index (χ1v) is 18.9. The summed E-state index contributed by atoms with van der Waals surface area (Å²) in [5.41, 5.74) is 14.0. The fourth-order valence-corrected chi connectivity index (χ4v) is 7.80. The van der Waals surface area contributed by atoms with Crippen LogP contribution in [0.2, 0.25) is 0 Å². The molecule has 3 nitrogen and oxygen atoms in total. The van der Waals surface area contributed by atoms with E-state index < -0.39 is 0 Å². The molecule has 0 aliphatic carbocycles. The molecule has 8 rings (SSSR count). The highest BCUT2D eigenvalue weighted by atomic mass is 15.2. The van der Waals surface area contributed by atoms with Crippen LogP contribution in [0.1, 0.15) is 69.4 Å². The summed E-state index contributed by atoms with van der Waals surface area (Å²) >= 11 is 0. The van der Waals surface area contributed by atoms with E-state index in [9.17, 15) is 0 Å². The molecule has 0 bridgehead atoms. The van der Waals surface area contributed by atoms with Crippen molar-refractivity contribution in [1.29, 1.82) is 0 Å². The molecule has 1 aliphatic rings. The summed E-state index contributed by atoms with van der Waals surface area (Å²) in [6.07, 6.45) is 0. The number of hydrogen-bond donors (Lipinski definition) is 2. The molecule has 53 heavy (non-hydrogen) atoms. The molecule has 0 amide bonds. The van der Waals surface area contributed by atoms with Crippen molar-refractivity contribution in [2.45, 2.75) is 72.0 Å². The van der Waals surface area contributed by atoms with E-state index in [4.69, 9.17) is 4.99 Å². The van der Waals surface area contributed by atoms with Gasteiger partial charge in [0.25, 0.3) is 0 Å². The SMILES string of the molecule is CC(C)(C)c1ccc(-c2cc3ccccc3c3c2CN=C(NCc2ccccc2)NCc2c(-c4ccc(C(C)(C)C)cc4)cc4ccccc4c2-3)cc1. The van der Waals surface area contributed by atoms with Crippen molar-refractivity contribution in [2.75, 3.05) is 0 Å². The summed E-state index contributed by atoms with van der Waals surface area (Å²) in [5, 5.41) is 12.5. The number of rotatable bonds is 4. The van der Waals surface area contributed by atoms with Crippen LogP contribution in [0.3, 0.4) is 0 Å². The fraction of sp³-hybridized carbons (Fsp3) is 0.220. The van der Waals surface area contributed by atoms with Crippen molar-refractivity contribution in [2.24, 2.45) is 4.99 Å². The van der Waals surface area contributed by atoms with Crippen LogP contribution in [-0.2, 0) is 30.5 Å². The third kappa shape index (κ3) is 6.84. The van der Waals surface area contributed by atoms with Crippen LogP contribution in [0, 0.1) is 0 Å². The molecule has 7 aromatic carbocycles. The Morgan fingerprint density at radius 3 is 1.55 bits per heavy atom. The zero-order valence-corrected chi connectivity index (χ0v) is 31.8. The van der Waals surface area contributed by atoms with E-state index in [2.05, 4.69) is 192 Å². The maximum atomic E-state index is 5.35. The van der Waals surface area contributed by atoms with E-state index >= 15 is 0 Å². The van der Waals surface area contributed by atoms with Crippen molar-refractivity contribution in [1.82, 2.24) is 10.6 Å². The Hall–Kier alpha value is -5.67. The number of nitrogens with one attached hydrogen (secondary N) is 2. The minimum absolute atomic E-state index is 0.0727. The molecule has 0 unspecified atom stereocenters. The average Bonchev–Trinajstić information content (AvgIpc) is 3.24. The van der Waals surface area contributed by atoms with Gasteiger partial charge in [0.1, 0.15) is 0 Å². The number of benzene rings is 7. The van der Waals surface area contributed by atoms with Crippen LogP contribution in [0.4, 0.5) is 0 Å². The lowest BCUT2D eigenvalue weighted by molar-refractivity contribution is 0.590. The van der Waals surface area contributed by atoms with Gasteiger partial charge in [-0.1, -0.05) is 169 Å². The first kappa shape index (κ1) is 34.4. The largest absolute Gasteiger partial charge is 0.352 e. The molecule has 0 atom stereocenters. The van der Waals surface area contributed by atoms with E-state index in [0.717, 1.165) is 5.96 Å². The van der Waals surface area contributed by atoms with Crippen LogP contribution in [0.5, 0.6) is 0 Å². The lowest BCUT2D eigenvalue weighted by atomic mass is 9.80. The van der Waals surface area contributed by atoms with Crippen LogP contribution >= 0.6 is 0 Å². The van der Waals surface area contributed by atoms with Crippen LogP contribution in [-0.4, -0.2) is 5.96 Å². The van der Waals surface area contributed by atoms with Gasteiger partial charge in [-0.25, -0.2) is 4.99 Å². The van der Waals surface area contributed by atoms with Crippen molar-refractivity contribution in [3.8, 4) is 33.4 Å². The minimum Gasteiger partial charge on any atom is -0.352 e. The van der Waals surface area contributed by atoms with Gasteiger partial charge in [-0.3, -0.25) is 0 Å². The topological polar surface area (TPSA) is 36.4 Å². The molecule has 7 aromatic rings. The second kappa shape index (κ2) is 13.7. The quantitative estimate of drug-likeness (QED) is 0.193. The van der Waals surface area contributed by atoms with E-state index in [1.165, 1.54) is 82.7 Å². The summed E-state index contributed by atoms with van der Waals surface area (Å²) in [6.45, 7) is 15.5. The minimum atomic E-state index is 0.0727. The van der Waals surface area contributed by atoms with E-state index in [-0.39, 0.29) is 10.8 Å². The molecule has 0 spiro atoms. The summed E-state index contributed by atoms with van der Waals surface area (Å²) in [5.74, 6) is 0.803. The van der Waals surface area contributed by atoms with Gasteiger partial charge in [-0.2, -0.15) is 0 Å². The molecule has 0 saturated carbocycles. The van der Waals surface area contributed by atoms with E-state index in [1.807, 2.05) is 0 Å². The van der Waals surface area contributed by atoms with Crippen molar-refractivity contribution in [3.05, 3.63) is 167 Å². The van der Waals surface area contributed by atoms with Gasteiger partial charge in [0.2, 0.25) is 0 Å². The molecule has 1 heterocycles. The Kier molecular flexibility index (Phi) is 8.90. The first-order valence-electron chi connectivity index (χ1n) is 18.9. The van der Waals surface area contributed by atoms with Gasteiger partial charge in [-0.05, 0) is 106 Å². The highest BCUT2D eigenvalue weighted by molar-refractivity contribution is 6.12. The van der Waals surface area contributed by atoms with Crippen LogP contribution in [0.25, 0.3) is 54.9 Å². The standard InChI is InChI=1S/C50H49N3/c1-49(2,3)38-24-20-34(21-25-38)42-28-36-16-10-12-18-40(36)46-44(42)31-52-48(51-30-33-14-8-7-9-15-33)53-32-45-43(29-37-17-11-13-19-41(37)47(45)46)35-22-26-39(27-23-35)50(4,5)6/h7-29H,30-32H2,1-6H3,(H2,51,52,53). The second-order valence-electron chi connectivity index (χ2n) is 16.5. The van der Waals surface area contributed by atoms with Gasteiger partial charge >= 0.3 is 0 Å². The summed E-state index contributed by atoms with van der Waals surface area (Å²) in [4.78, 5) is 5.35. The Balaban J connectivity index is 1.43. The van der Waals surface area contributed by atoms with Crippen molar-refractivity contribution >= 4 is 27.5 Å². The predicted octanol–water partition coefficient (Wildman–Crippen LogP) is 12.3. The van der Waals surface area contributed by atoms with Crippen LogP contribution < -0.4 is 10.6 Å². The lowest BCUT2D eigenvalue weighted by Gasteiger charge is -2.24. The monoisotopic (exact) mass is 691 g/mol. The van der Waals surface area contributed by atoms with Crippen molar-refractivity contribution in [3.63, 3.8) is 0 Å².